The molecule has 126 valence electrons. The van der Waals surface area contributed by atoms with Crippen molar-refractivity contribution >= 4 is 23.2 Å². The number of nitrogens with two attached hydrogens (primary N) is 1. The Kier molecular flexibility index (Phi) is 4.20. The van der Waals surface area contributed by atoms with E-state index in [1.807, 2.05) is 12.1 Å². The highest BCUT2D eigenvalue weighted by atomic mass is 16.6. The first kappa shape index (κ1) is 16.5. The van der Waals surface area contributed by atoms with Gasteiger partial charge in [-0.2, -0.15) is 15.6 Å². The van der Waals surface area contributed by atoms with Crippen molar-refractivity contribution in [2.24, 2.45) is 0 Å². The molecular weight excluding hydrogens is 336 g/mol. The van der Waals surface area contributed by atoms with Crippen molar-refractivity contribution in [3.8, 4) is 23.5 Å². The predicted octanol–water partition coefficient (Wildman–Crippen LogP) is 3.10. The summed E-state index contributed by atoms with van der Waals surface area (Å²) in [4.78, 5) is 10.6. The van der Waals surface area contributed by atoms with Crippen LogP contribution in [0, 0.1) is 32.8 Å². The minimum Gasteiger partial charge on any atom is -0.456 e. The number of furan rings is 1. The summed E-state index contributed by atoms with van der Waals surface area (Å²) in [6.45, 7) is 0. The molecule has 0 amide bonds. The molecule has 0 unspecified atom stereocenters. The molecule has 9 nitrogen and oxygen atoms in total. The number of aromatic nitrogens is 2. The number of H-pyrrole nitrogens is 1. The zero-order chi connectivity index (χ0) is 18.7. The Hall–Kier alpha value is -4.37. The SMILES string of the molecule is N#CC(=Cc1ccc(-c2ccccc2[N+](=O)[O-])o1)c1[nH]nc(N)c1C#N. The van der Waals surface area contributed by atoms with Crippen LogP contribution < -0.4 is 5.73 Å². The Morgan fingerprint density at radius 2 is 2.08 bits per heavy atom. The number of anilines is 1. The molecule has 0 saturated heterocycles. The highest BCUT2D eigenvalue weighted by Gasteiger charge is 2.18. The van der Waals surface area contributed by atoms with Gasteiger partial charge < -0.3 is 10.2 Å². The first-order chi connectivity index (χ1) is 12.5. The number of para-hydroxylation sites is 1. The molecule has 2 heterocycles. The smallest absolute Gasteiger partial charge is 0.280 e. The fraction of sp³-hybridized carbons (Fsp3) is 0. The van der Waals surface area contributed by atoms with Crippen LogP contribution in [0.1, 0.15) is 17.0 Å². The van der Waals surface area contributed by atoms with Crippen molar-refractivity contribution in [3.05, 3.63) is 63.5 Å². The van der Waals surface area contributed by atoms with Crippen LogP contribution in [-0.2, 0) is 0 Å². The van der Waals surface area contributed by atoms with Crippen LogP contribution in [0.3, 0.4) is 0 Å². The number of aromatic amines is 1. The number of allylic oxidation sites excluding steroid dienone is 1. The average molecular weight is 346 g/mol. The Morgan fingerprint density at radius 1 is 1.31 bits per heavy atom. The molecule has 0 radical (unpaired) electrons. The number of nitro benzene ring substituents is 1. The number of nitrogen functional groups attached to an aromatic ring is 1. The molecule has 0 aliphatic rings. The van der Waals surface area contributed by atoms with E-state index in [2.05, 4.69) is 10.2 Å². The third kappa shape index (κ3) is 2.88. The van der Waals surface area contributed by atoms with Gasteiger partial charge in [0.25, 0.3) is 5.69 Å². The summed E-state index contributed by atoms with van der Waals surface area (Å²) in [5.74, 6) is 0.556. The molecule has 3 aromatic rings. The molecule has 3 rings (SSSR count). The van der Waals surface area contributed by atoms with E-state index in [1.165, 1.54) is 12.1 Å². The third-order valence-electron chi connectivity index (χ3n) is 3.58. The van der Waals surface area contributed by atoms with E-state index in [9.17, 15) is 15.4 Å². The number of nitriles is 2. The van der Waals surface area contributed by atoms with Gasteiger partial charge in [0.1, 0.15) is 29.2 Å². The molecule has 0 saturated carbocycles. The summed E-state index contributed by atoms with van der Waals surface area (Å²) in [6.07, 6.45) is 1.39. The number of rotatable bonds is 4. The van der Waals surface area contributed by atoms with Crippen molar-refractivity contribution in [2.45, 2.75) is 0 Å². The summed E-state index contributed by atoms with van der Waals surface area (Å²) in [5.41, 5.74) is 6.13. The van der Waals surface area contributed by atoms with E-state index in [0.29, 0.717) is 5.56 Å². The molecule has 0 aliphatic carbocycles. The lowest BCUT2D eigenvalue weighted by Crippen LogP contribution is -1.90. The first-order valence-electron chi connectivity index (χ1n) is 7.25. The second kappa shape index (κ2) is 6.63. The van der Waals surface area contributed by atoms with E-state index < -0.39 is 4.92 Å². The number of hydrogen-bond acceptors (Lipinski definition) is 7. The highest BCUT2D eigenvalue weighted by molar-refractivity contribution is 5.90. The lowest BCUT2D eigenvalue weighted by atomic mass is 10.1. The highest BCUT2D eigenvalue weighted by Crippen LogP contribution is 2.32. The van der Waals surface area contributed by atoms with E-state index >= 15 is 0 Å². The lowest BCUT2D eigenvalue weighted by molar-refractivity contribution is -0.384. The summed E-state index contributed by atoms with van der Waals surface area (Å²) >= 11 is 0. The number of nitrogens with one attached hydrogen (secondary N) is 1. The molecular formula is C17H10N6O3. The Balaban J connectivity index is 2.03. The third-order valence-corrected chi connectivity index (χ3v) is 3.58. The molecule has 0 aliphatic heterocycles. The van der Waals surface area contributed by atoms with Gasteiger partial charge in [-0.3, -0.25) is 15.2 Å². The van der Waals surface area contributed by atoms with Gasteiger partial charge in [0.05, 0.1) is 21.8 Å². The van der Waals surface area contributed by atoms with Crippen LogP contribution in [0.2, 0.25) is 0 Å². The second-order valence-corrected chi connectivity index (χ2v) is 5.12. The fourth-order valence-electron chi connectivity index (χ4n) is 2.38. The monoisotopic (exact) mass is 346 g/mol. The molecule has 0 spiro atoms. The lowest BCUT2D eigenvalue weighted by Gasteiger charge is -1.99. The van der Waals surface area contributed by atoms with Crippen molar-refractivity contribution < 1.29 is 9.34 Å². The summed E-state index contributed by atoms with van der Waals surface area (Å²) < 4.78 is 5.61. The first-order valence-corrected chi connectivity index (χ1v) is 7.25. The van der Waals surface area contributed by atoms with Gasteiger partial charge >= 0.3 is 0 Å². The minimum atomic E-state index is -0.499. The van der Waals surface area contributed by atoms with Crippen LogP contribution in [-0.4, -0.2) is 15.1 Å². The molecule has 2 aromatic heterocycles. The van der Waals surface area contributed by atoms with Gasteiger partial charge in [-0.05, 0) is 18.2 Å². The van der Waals surface area contributed by atoms with Gasteiger partial charge in [0.15, 0.2) is 5.82 Å². The van der Waals surface area contributed by atoms with Gasteiger partial charge in [0, 0.05) is 12.1 Å². The standard InChI is InChI=1S/C17H10N6O3/c18-8-10(16-13(9-19)17(20)22-21-16)7-11-5-6-15(26-11)12-3-1-2-4-14(12)23(24)25/h1-7H,(H3,20,21,22). The number of benzene rings is 1. The Morgan fingerprint density at radius 3 is 2.77 bits per heavy atom. The summed E-state index contributed by atoms with van der Waals surface area (Å²) in [6, 6.07) is 13.1. The quantitative estimate of drug-likeness (QED) is 0.417. The molecule has 0 bridgehead atoms. The number of nitro groups is 1. The normalized spacial score (nSPS) is 10.9. The minimum absolute atomic E-state index is 0.0105. The van der Waals surface area contributed by atoms with Crippen LogP contribution in [0.25, 0.3) is 23.0 Å². The van der Waals surface area contributed by atoms with Crippen LogP contribution in [0.15, 0.2) is 40.8 Å². The molecule has 0 atom stereocenters. The van der Waals surface area contributed by atoms with Crippen molar-refractivity contribution in [3.63, 3.8) is 0 Å². The van der Waals surface area contributed by atoms with E-state index in [-0.39, 0.29) is 39.9 Å². The van der Waals surface area contributed by atoms with E-state index in [1.54, 1.807) is 30.3 Å². The maximum absolute atomic E-state index is 11.1. The van der Waals surface area contributed by atoms with Crippen LogP contribution in [0.4, 0.5) is 11.5 Å². The molecule has 1 aromatic carbocycles. The zero-order valence-electron chi connectivity index (χ0n) is 13.1. The van der Waals surface area contributed by atoms with E-state index in [4.69, 9.17) is 15.4 Å². The molecule has 3 N–H and O–H groups in total. The van der Waals surface area contributed by atoms with Gasteiger partial charge in [-0.15, -0.1) is 0 Å². The molecule has 26 heavy (non-hydrogen) atoms. The molecule has 9 heteroatoms. The van der Waals surface area contributed by atoms with Crippen molar-refractivity contribution in [1.29, 1.82) is 10.5 Å². The largest absolute Gasteiger partial charge is 0.456 e. The summed E-state index contributed by atoms with van der Waals surface area (Å²) in [7, 11) is 0. The van der Waals surface area contributed by atoms with Crippen molar-refractivity contribution in [2.75, 3.05) is 5.73 Å². The number of nitrogens with zero attached hydrogens (tertiary/aromatic N) is 4. The topological polar surface area (TPSA) is 159 Å². The predicted molar refractivity (Wildman–Crippen MR) is 92.0 cm³/mol. The fourth-order valence-corrected chi connectivity index (χ4v) is 2.38. The average Bonchev–Trinajstić information content (AvgIpc) is 3.26. The van der Waals surface area contributed by atoms with Crippen LogP contribution in [0.5, 0.6) is 0 Å². The van der Waals surface area contributed by atoms with E-state index in [0.717, 1.165) is 0 Å². The second-order valence-electron chi connectivity index (χ2n) is 5.12. The summed E-state index contributed by atoms with van der Waals surface area (Å²) in [5, 5.41) is 35.9. The number of hydrogen-bond donors (Lipinski definition) is 2. The van der Waals surface area contributed by atoms with Gasteiger partial charge in [0.2, 0.25) is 0 Å². The maximum Gasteiger partial charge on any atom is 0.280 e. The van der Waals surface area contributed by atoms with Crippen LogP contribution >= 0.6 is 0 Å². The van der Waals surface area contributed by atoms with Gasteiger partial charge in [-0.25, -0.2) is 0 Å². The van der Waals surface area contributed by atoms with Crippen molar-refractivity contribution in [1.82, 2.24) is 10.2 Å². The Labute approximate surface area is 146 Å². The maximum atomic E-state index is 11.1. The Bertz CT molecular complexity index is 1110. The zero-order valence-corrected chi connectivity index (χ0v) is 13.1. The van der Waals surface area contributed by atoms with Gasteiger partial charge in [-0.1, -0.05) is 12.1 Å². The molecule has 0 fully saturated rings.